The Morgan fingerprint density at radius 2 is 1.70 bits per heavy atom. The molecule has 0 spiro atoms. The van der Waals surface area contributed by atoms with Crippen LogP contribution in [0.1, 0.15) is 10.5 Å². The number of fused-ring (bicyclic) bond motifs is 1. The zero-order chi connectivity index (χ0) is 20.9. The molecule has 0 bridgehead atoms. The van der Waals surface area contributed by atoms with Crippen LogP contribution in [0.2, 0.25) is 0 Å². The summed E-state index contributed by atoms with van der Waals surface area (Å²) < 4.78 is 0. The highest BCUT2D eigenvalue weighted by Gasteiger charge is 2.24. The van der Waals surface area contributed by atoms with E-state index in [1.807, 2.05) is 12.1 Å². The molecular formula is C19H14N8O3. The Hall–Kier alpha value is -4.67. The Kier molecular flexibility index (Phi) is 5.07. The average molecular weight is 402 g/mol. The quantitative estimate of drug-likeness (QED) is 0.327. The van der Waals surface area contributed by atoms with Crippen molar-refractivity contribution < 1.29 is 9.72 Å². The van der Waals surface area contributed by atoms with Gasteiger partial charge in [0.25, 0.3) is 5.91 Å². The summed E-state index contributed by atoms with van der Waals surface area (Å²) in [6.07, 6.45) is 4.23. The van der Waals surface area contributed by atoms with Crippen molar-refractivity contribution in [3.63, 3.8) is 0 Å². The normalized spacial score (nSPS) is 10.4. The van der Waals surface area contributed by atoms with Crippen LogP contribution in [0.25, 0.3) is 10.9 Å². The largest absolute Gasteiger partial charge is 0.355 e. The third-order valence-electron chi connectivity index (χ3n) is 4.08. The molecule has 4 aromatic rings. The SMILES string of the molecule is O=C(NNc1ncnc(Nc2cccc3cccnc23)c1[N+](=O)[O-])c1ccccn1. The van der Waals surface area contributed by atoms with Crippen LogP contribution in [-0.2, 0) is 0 Å². The molecule has 3 aromatic heterocycles. The molecule has 4 rings (SSSR count). The van der Waals surface area contributed by atoms with E-state index in [1.54, 1.807) is 36.5 Å². The van der Waals surface area contributed by atoms with Gasteiger partial charge in [-0.05, 0) is 24.3 Å². The summed E-state index contributed by atoms with van der Waals surface area (Å²) in [5, 5.41) is 15.5. The van der Waals surface area contributed by atoms with Crippen molar-refractivity contribution in [2.45, 2.75) is 0 Å². The van der Waals surface area contributed by atoms with E-state index in [0.29, 0.717) is 11.2 Å². The molecule has 0 atom stereocenters. The molecule has 0 radical (unpaired) electrons. The van der Waals surface area contributed by atoms with Crippen molar-refractivity contribution >= 4 is 39.8 Å². The smallest absolute Gasteiger partial charge is 0.332 e. The molecular weight excluding hydrogens is 388 g/mol. The topological polar surface area (TPSA) is 148 Å². The third-order valence-corrected chi connectivity index (χ3v) is 4.08. The highest BCUT2D eigenvalue weighted by molar-refractivity contribution is 5.94. The molecule has 3 N–H and O–H groups in total. The van der Waals surface area contributed by atoms with E-state index < -0.39 is 16.5 Å². The number of aromatic nitrogens is 4. The monoisotopic (exact) mass is 402 g/mol. The predicted octanol–water partition coefficient (Wildman–Crippen LogP) is 2.83. The van der Waals surface area contributed by atoms with E-state index >= 15 is 0 Å². The predicted molar refractivity (Wildman–Crippen MR) is 109 cm³/mol. The van der Waals surface area contributed by atoms with Gasteiger partial charge in [0.15, 0.2) is 0 Å². The van der Waals surface area contributed by atoms with Crippen molar-refractivity contribution in [3.8, 4) is 0 Å². The number of hydrogen-bond acceptors (Lipinski definition) is 9. The minimum absolute atomic E-state index is 0.0530. The number of anilines is 3. The molecule has 0 aliphatic heterocycles. The van der Waals surface area contributed by atoms with Gasteiger partial charge in [-0.15, -0.1) is 0 Å². The zero-order valence-corrected chi connectivity index (χ0v) is 15.3. The summed E-state index contributed by atoms with van der Waals surface area (Å²) in [6.45, 7) is 0. The zero-order valence-electron chi connectivity index (χ0n) is 15.3. The van der Waals surface area contributed by atoms with Crippen molar-refractivity contribution in [2.75, 3.05) is 10.7 Å². The molecule has 0 fully saturated rings. The van der Waals surface area contributed by atoms with Crippen molar-refractivity contribution in [3.05, 3.63) is 83.1 Å². The first-order valence-electron chi connectivity index (χ1n) is 8.71. The third kappa shape index (κ3) is 3.80. The van der Waals surface area contributed by atoms with Gasteiger partial charge < -0.3 is 5.32 Å². The van der Waals surface area contributed by atoms with Crippen LogP contribution in [0.3, 0.4) is 0 Å². The highest BCUT2D eigenvalue weighted by Crippen LogP contribution is 2.32. The molecule has 0 unspecified atom stereocenters. The van der Waals surface area contributed by atoms with Crippen molar-refractivity contribution in [1.82, 2.24) is 25.4 Å². The lowest BCUT2D eigenvalue weighted by atomic mass is 10.2. The summed E-state index contributed by atoms with van der Waals surface area (Å²) in [5.74, 6) is -0.811. The van der Waals surface area contributed by atoms with E-state index in [0.717, 1.165) is 11.7 Å². The van der Waals surface area contributed by atoms with Gasteiger partial charge in [-0.25, -0.2) is 9.97 Å². The second-order valence-corrected chi connectivity index (χ2v) is 5.98. The first-order valence-corrected chi connectivity index (χ1v) is 8.71. The van der Waals surface area contributed by atoms with Gasteiger partial charge in [0, 0.05) is 17.8 Å². The summed E-state index contributed by atoms with van der Waals surface area (Å²) >= 11 is 0. The number of carbonyl (C=O) groups excluding carboxylic acids is 1. The van der Waals surface area contributed by atoms with Gasteiger partial charge >= 0.3 is 5.69 Å². The lowest BCUT2D eigenvalue weighted by Gasteiger charge is -2.11. The van der Waals surface area contributed by atoms with E-state index in [9.17, 15) is 14.9 Å². The van der Waals surface area contributed by atoms with Gasteiger partial charge in [0.2, 0.25) is 11.6 Å². The van der Waals surface area contributed by atoms with E-state index in [4.69, 9.17) is 0 Å². The molecule has 1 aromatic carbocycles. The number of nitrogens with zero attached hydrogens (tertiary/aromatic N) is 5. The summed E-state index contributed by atoms with van der Waals surface area (Å²) in [7, 11) is 0. The number of hydrogen-bond donors (Lipinski definition) is 3. The molecule has 11 nitrogen and oxygen atoms in total. The van der Waals surface area contributed by atoms with Gasteiger partial charge in [0.05, 0.1) is 16.1 Å². The average Bonchev–Trinajstić information content (AvgIpc) is 2.78. The number of benzene rings is 1. The first-order chi connectivity index (χ1) is 14.6. The van der Waals surface area contributed by atoms with E-state index in [2.05, 4.69) is 36.1 Å². The van der Waals surface area contributed by atoms with Crippen LogP contribution in [0.5, 0.6) is 0 Å². The summed E-state index contributed by atoms with van der Waals surface area (Å²) in [4.78, 5) is 39.3. The number of rotatable bonds is 6. The van der Waals surface area contributed by atoms with Crippen LogP contribution in [-0.4, -0.2) is 30.8 Å². The molecule has 0 aliphatic carbocycles. The van der Waals surface area contributed by atoms with Gasteiger partial charge in [-0.2, -0.15) is 0 Å². The summed E-state index contributed by atoms with van der Waals surface area (Å²) in [6, 6.07) is 13.9. The minimum Gasteiger partial charge on any atom is -0.332 e. The lowest BCUT2D eigenvalue weighted by Crippen LogP contribution is -2.31. The molecule has 0 saturated carbocycles. The molecule has 30 heavy (non-hydrogen) atoms. The number of para-hydroxylation sites is 1. The minimum atomic E-state index is -0.643. The van der Waals surface area contributed by atoms with Crippen LogP contribution in [0.15, 0.2) is 67.3 Å². The maximum atomic E-state index is 12.1. The fourth-order valence-corrected chi connectivity index (χ4v) is 2.74. The molecule has 148 valence electrons. The van der Waals surface area contributed by atoms with Gasteiger partial charge in [0.1, 0.15) is 12.0 Å². The molecule has 0 aliphatic rings. The number of pyridine rings is 2. The van der Waals surface area contributed by atoms with E-state index in [-0.39, 0.29) is 17.3 Å². The van der Waals surface area contributed by atoms with Gasteiger partial charge in [-0.3, -0.25) is 35.7 Å². The fraction of sp³-hybridized carbons (Fsp3) is 0. The Balaban J connectivity index is 1.63. The van der Waals surface area contributed by atoms with Gasteiger partial charge in [-0.1, -0.05) is 24.3 Å². The van der Waals surface area contributed by atoms with Crippen molar-refractivity contribution in [1.29, 1.82) is 0 Å². The molecule has 3 heterocycles. The van der Waals surface area contributed by atoms with E-state index in [1.165, 1.54) is 12.3 Å². The number of nitrogens with one attached hydrogen (secondary N) is 3. The number of hydrazine groups is 1. The Bertz CT molecular complexity index is 1230. The fourth-order valence-electron chi connectivity index (χ4n) is 2.74. The first kappa shape index (κ1) is 18.7. The standard InChI is InChI=1S/C19H14N8O3/c28-19(14-7-1-2-9-20-14)26-25-18-16(27(29)30)17(22-11-23-18)24-13-8-3-5-12-6-4-10-21-15(12)13/h1-11H,(H,26,28)(H2,22,23,24,25). The molecule has 0 saturated heterocycles. The summed E-state index contributed by atoms with van der Waals surface area (Å²) in [5.41, 5.74) is 5.69. The highest BCUT2D eigenvalue weighted by atomic mass is 16.6. The number of nitro groups is 1. The second kappa shape index (κ2) is 8.14. The molecule has 11 heteroatoms. The van der Waals surface area contributed by atoms with Crippen molar-refractivity contribution in [2.24, 2.45) is 0 Å². The maximum absolute atomic E-state index is 12.1. The second-order valence-electron chi connectivity index (χ2n) is 5.98. The van der Waals surface area contributed by atoms with Crippen LogP contribution in [0, 0.1) is 10.1 Å². The lowest BCUT2D eigenvalue weighted by molar-refractivity contribution is -0.383. The van der Waals surface area contributed by atoms with Crippen LogP contribution >= 0.6 is 0 Å². The van der Waals surface area contributed by atoms with Crippen LogP contribution < -0.4 is 16.2 Å². The Morgan fingerprint density at radius 1 is 0.900 bits per heavy atom. The number of amides is 1. The molecule has 1 amide bonds. The number of carbonyl (C=O) groups is 1. The van der Waals surface area contributed by atoms with Crippen LogP contribution in [0.4, 0.5) is 23.0 Å². The Labute approximate surface area is 169 Å². The maximum Gasteiger partial charge on any atom is 0.355 e. The Morgan fingerprint density at radius 3 is 2.50 bits per heavy atom.